The van der Waals surface area contributed by atoms with Crippen LogP contribution in [0.4, 0.5) is 0 Å². The second-order valence-corrected chi connectivity index (χ2v) is 11.3. The van der Waals surface area contributed by atoms with Crippen molar-refractivity contribution in [2.24, 2.45) is 0 Å². The number of thioether (sulfide) groups is 1. The molecule has 2 aromatic heterocycles. The van der Waals surface area contributed by atoms with E-state index in [1.165, 1.54) is 28.7 Å². The van der Waals surface area contributed by atoms with Crippen LogP contribution in [0.3, 0.4) is 0 Å². The minimum Gasteiger partial charge on any atom is -0.355 e. The number of pyridine rings is 1. The van der Waals surface area contributed by atoms with Crippen molar-refractivity contribution in [1.29, 1.82) is 0 Å². The Labute approximate surface area is 195 Å². The molecule has 0 spiro atoms. The largest absolute Gasteiger partial charge is 0.355 e. The van der Waals surface area contributed by atoms with E-state index < -0.39 is 10.0 Å². The lowest BCUT2D eigenvalue weighted by Gasteiger charge is -2.30. The van der Waals surface area contributed by atoms with Crippen molar-refractivity contribution in [3.05, 3.63) is 35.8 Å². The molecule has 2 heterocycles. The summed E-state index contributed by atoms with van der Waals surface area (Å²) >= 11 is 1.30. The van der Waals surface area contributed by atoms with Crippen molar-refractivity contribution in [2.75, 3.05) is 19.3 Å². The number of nitrogens with zero attached hydrogens (tertiary/aromatic N) is 4. The quantitative estimate of drug-likeness (QED) is 0.415. The highest BCUT2D eigenvalue weighted by atomic mass is 32.2. The predicted octanol–water partition coefficient (Wildman–Crippen LogP) is 3.15. The second kappa shape index (κ2) is 11.3. The number of hydrogen-bond donors (Lipinski definition) is 1. The number of aryl methyl sites for hydroxylation is 3. The van der Waals surface area contributed by atoms with Crippen LogP contribution in [0.25, 0.3) is 0 Å². The Bertz CT molecular complexity index is 999. The van der Waals surface area contributed by atoms with Crippen LogP contribution in [-0.2, 0) is 21.4 Å². The molecule has 0 unspecified atom stereocenters. The van der Waals surface area contributed by atoms with Gasteiger partial charge in [0.1, 0.15) is 4.90 Å². The van der Waals surface area contributed by atoms with Crippen LogP contribution in [0.5, 0.6) is 0 Å². The van der Waals surface area contributed by atoms with Gasteiger partial charge in [-0.25, -0.2) is 13.4 Å². The summed E-state index contributed by atoms with van der Waals surface area (Å²) in [4.78, 5) is 16.6. The average Bonchev–Trinajstić information content (AvgIpc) is 3.12. The summed E-state index contributed by atoms with van der Waals surface area (Å²) in [7, 11) is -1.89. The Kier molecular flexibility index (Phi) is 8.72. The van der Waals surface area contributed by atoms with Crippen LogP contribution in [0.1, 0.15) is 49.9 Å². The molecule has 1 aliphatic rings. The van der Waals surface area contributed by atoms with Gasteiger partial charge in [0.05, 0.1) is 16.5 Å². The van der Waals surface area contributed by atoms with E-state index in [2.05, 4.69) is 15.4 Å². The Morgan fingerprint density at radius 2 is 2.00 bits per heavy atom. The van der Waals surface area contributed by atoms with Crippen molar-refractivity contribution >= 4 is 27.7 Å². The highest BCUT2D eigenvalue weighted by Gasteiger charge is 2.29. The monoisotopic (exact) mass is 479 g/mol. The van der Waals surface area contributed by atoms with Gasteiger partial charge >= 0.3 is 0 Å². The van der Waals surface area contributed by atoms with Crippen LogP contribution < -0.4 is 5.32 Å². The Morgan fingerprint density at radius 3 is 2.62 bits per heavy atom. The Morgan fingerprint density at radius 1 is 1.25 bits per heavy atom. The molecule has 1 fully saturated rings. The lowest BCUT2D eigenvalue weighted by molar-refractivity contribution is -0.118. The smallest absolute Gasteiger partial charge is 0.244 e. The molecular weight excluding hydrogens is 446 g/mol. The van der Waals surface area contributed by atoms with Gasteiger partial charge in [-0.15, -0.1) is 0 Å². The molecule has 0 atom stereocenters. The van der Waals surface area contributed by atoms with Crippen LogP contribution >= 0.6 is 11.8 Å². The van der Waals surface area contributed by atoms with Gasteiger partial charge in [0.25, 0.3) is 0 Å². The Balaban J connectivity index is 1.42. The zero-order valence-corrected chi connectivity index (χ0v) is 20.7. The molecule has 3 rings (SSSR count). The fraction of sp³-hybridized carbons (Fsp3) is 0.591. The third kappa shape index (κ3) is 6.55. The number of rotatable bonds is 10. The molecule has 10 heteroatoms. The van der Waals surface area contributed by atoms with E-state index in [4.69, 9.17) is 0 Å². The molecule has 1 aliphatic carbocycles. The van der Waals surface area contributed by atoms with Gasteiger partial charge in [-0.05, 0) is 51.3 Å². The fourth-order valence-electron chi connectivity index (χ4n) is 3.96. The van der Waals surface area contributed by atoms with Crippen LogP contribution in [0.2, 0.25) is 0 Å². The maximum Gasteiger partial charge on any atom is 0.244 e. The SMILES string of the molecule is Cc1cc(C)n(CCCNC(=O)CSc2ccc(S(=O)(=O)N(C)C3CCCCC3)cn2)n1. The first-order valence-corrected chi connectivity index (χ1v) is 13.5. The van der Waals surface area contributed by atoms with E-state index in [-0.39, 0.29) is 22.6 Å². The molecule has 1 N–H and O–H groups in total. The molecule has 32 heavy (non-hydrogen) atoms. The average molecular weight is 480 g/mol. The zero-order chi connectivity index (χ0) is 23.1. The highest BCUT2D eigenvalue weighted by molar-refractivity contribution is 7.99. The third-order valence-electron chi connectivity index (χ3n) is 5.80. The van der Waals surface area contributed by atoms with E-state index in [0.717, 1.165) is 50.0 Å². The maximum atomic E-state index is 12.9. The normalized spacial score (nSPS) is 15.2. The zero-order valence-electron chi connectivity index (χ0n) is 19.1. The third-order valence-corrected chi connectivity index (χ3v) is 8.64. The summed E-state index contributed by atoms with van der Waals surface area (Å²) in [5.74, 6) is 0.167. The number of nitrogens with one attached hydrogen (secondary N) is 1. The summed E-state index contributed by atoms with van der Waals surface area (Å²) < 4.78 is 29.2. The molecule has 0 aliphatic heterocycles. The van der Waals surface area contributed by atoms with Crippen molar-refractivity contribution < 1.29 is 13.2 Å². The number of aromatic nitrogens is 3. The van der Waals surface area contributed by atoms with Crippen LogP contribution in [0, 0.1) is 13.8 Å². The van der Waals surface area contributed by atoms with E-state index in [0.29, 0.717) is 11.6 Å². The molecule has 1 saturated carbocycles. The highest BCUT2D eigenvalue weighted by Crippen LogP contribution is 2.27. The summed E-state index contributed by atoms with van der Waals surface area (Å²) in [5.41, 5.74) is 2.11. The van der Waals surface area contributed by atoms with Gasteiger partial charge in [-0.2, -0.15) is 9.40 Å². The van der Waals surface area contributed by atoms with E-state index in [9.17, 15) is 13.2 Å². The lowest BCUT2D eigenvalue weighted by Crippen LogP contribution is -2.38. The van der Waals surface area contributed by atoms with Gasteiger partial charge in [0, 0.05) is 38.1 Å². The molecule has 0 saturated heterocycles. The molecule has 0 radical (unpaired) electrons. The van der Waals surface area contributed by atoms with Crippen LogP contribution in [-0.4, -0.2) is 58.8 Å². The summed E-state index contributed by atoms with van der Waals surface area (Å²) in [6.45, 7) is 5.33. The molecule has 0 bridgehead atoms. The summed E-state index contributed by atoms with van der Waals surface area (Å²) in [6.07, 6.45) is 7.34. The van der Waals surface area contributed by atoms with Crippen LogP contribution in [0.15, 0.2) is 34.3 Å². The van der Waals surface area contributed by atoms with Gasteiger partial charge in [-0.3, -0.25) is 9.48 Å². The summed E-state index contributed by atoms with van der Waals surface area (Å²) in [6, 6.07) is 5.35. The minimum atomic E-state index is -3.55. The number of hydrogen-bond acceptors (Lipinski definition) is 6. The Hall–Kier alpha value is -1.91. The van der Waals surface area contributed by atoms with Gasteiger partial charge in [-0.1, -0.05) is 31.0 Å². The number of carbonyl (C=O) groups excluding carboxylic acids is 1. The first-order chi connectivity index (χ1) is 15.3. The van der Waals surface area contributed by atoms with Gasteiger partial charge in [0.2, 0.25) is 15.9 Å². The standard InChI is InChI=1S/C22H33N5O3S2/c1-17-14-18(2)27(25-17)13-7-12-23-21(28)16-31-22-11-10-20(15-24-22)32(29,30)26(3)19-8-5-4-6-9-19/h10-11,14-15,19H,4-9,12-13,16H2,1-3H3,(H,23,28). The number of sulfonamides is 1. The van der Waals surface area contributed by atoms with E-state index in [1.54, 1.807) is 19.2 Å². The van der Waals surface area contributed by atoms with Crippen molar-refractivity contribution in [3.63, 3.8) is 0 Å². The van der Waals surface area contributed by atoms with E-state index >= 15 is 0 Å². The molecular formula is C22H33N5O3S2. The minimum absolute atomic E-state index is 0.0627. The molecule has 1 amide bonds. The molecule has 0 aromatic carbocycles. The van der Waals surface area contributed by atoms with Gasteiger partial charge in [0.15, 0.2) is 0 Å². The van der Waals surface area contributed by atoms with Crippen molar-refractivity contribution in [3.8, 4) is 0 Å². The topological polar surface area (TPSA) is 97.2 Å². The maximum absolute atomic E-state index is 12.9. The summed E-state index contributed by atoms with van der Waals surface area (Å²) in [5, 5.41) is 7.94. The first kappa shape index (κ1) is 24.7. The molecule has 176 valence electrons. The predicted molar refractivity (Wildman–Crippen MR) is 126 cm³/mol. The van der Waals surface area contributed by atoms with Gasteiger partial charge < -0.3 is 5.32 Å². The van der Waals surface area contributed by atoms with Crippen molar-refractivity contribution in [2.45, 2.75) is 74.9 Å². The molecule has 2 aromatic rings. The first-order valence-electron chi connectivity index (χ1n) is 11.1. The fourth-order valence-corrected chi connectivity index (χ4v) is 5.99. The number of carbonyl (C=O) groups is 1. The molecule has 8 nitrogen and oxygen atoms in total. The van der Waals surface area contributed by atoms with E-state index in [1.807, 2.05) is 24.6 Å². The van der Waals surface area contributed by atoms with Crippen molar-refractivity contribution in [1.82, 2.24) is 24.4 Å². The lowest BCUT2D eigenvalue weighted by atomic mass is 9.96. The second-order valence-electron chi connectivity index (χ2n) is 8.29. The number of amides is 1.